The van der Waals surface area contributed by atoms with Crippen LogP contribution in [0.15, 0.2) is 82.1 Å². The number of hydrogen-bond donors (Lipinski definition) is 5. The number of thioether (sulfide) groups is 1. The van der Waals surface area contributed by atoms with E-state index in [0.29, 0.717) is 11.3 Å². The Morgan fingerprint density at radius 2 is 1.74 bits per heavy atom. The number of halogens is 2. The number of Topliss-reactive ketones (excluding diaryl/α,β-unsaturated/α-hetero) is 1. The number of aliphatic carboxylic acids is 1. The van der Waals surface area contributed by atoms with Crippen molar-refractivity contribution in [2.45, 2.75) is 135 Å². The molecule has 4 aliphatic carbocycles. The summed E-state index contributed by atoms with van der Waals surface area (Å²) in [4.78, 5) is 64.5. The number of amides is 2. The van der Waals surface area contributed by atoms with Crippen molar-refractivity contribution in [3.05, 3.63) is 77.9 Å². The van der Waals surface area contributed by atoms with Gasteiger partial charge in [-0.3, -0.25) is 24.0 Å². The molecule has 2 aromatic carbocycles. The maximum absolute atomic E-state index is 17.7. The number of carboxylic acids is 1. The fourth-order valence-electron chi connectivity index (χ4n) is 11.5. The second-order valence-corrected chi connectivity index (χ2v) is 22.0. The first-order valence-electron chi connectivity index (χ1n) is 23.8. The second kappa shape index (κ2) is 22.2. The highest BCUT2D eigenvalue weighted by molar-refractivity contribution is 8.01. The summed E-state index contributed by atoms with van der Waals surface area (Å²) in [5.74, 6) is -4.37. The molecule has 2 unspecified atom stereocenters. The average molecular weight is 999 g/mol. The van der Waals surface area contributed by atoms with E-state index >= 15 is 8.78 Å². The summed E-state index contributed by atoms with van der Waals surface area (Å²) >= 11 is 2.83. The number of alkyl halides is 2. The number of carbonyl (C=O) groups excluding carboxylic acids is 4. The quantitative estimate of drug-likeness (QED) is 0.0704. The molecule has 1 heterocycles. The number of ether oxygens (including phenoxy) is 4. The van der Waals surface area contributed by atoms with E-state index in [2.05, 4.69) is 17.6 Å². The first kappa shape index (κ1) is 52.8. The monoisotopic (exact) mass is 998 g/mol. The van der Waals surface area contributed by atoms with Crippen molar-refractivity contribution in [2.75, 3.05) is 44.9 Å². The number of nitrogens with one attached hydrogen (secondary N) is 2. The van der Waals surface area contributed by atoms with Gasteiger partial charge in [-0.2, -0.15) is 0 Å². The summed E-state index contributed by atoms with van der Waals surface area (Å²) in [5.41, 5.74) is -5.70. The van der Waals surface area contributed by atoms with E-state index in [1.165, 1.54) is 42.6 Å². The summed E-state index contributed by atoms with van der Waals surface area (Å²) in [6, 6.07) is 14.7. The average Bonchev–Trinajstić information content (AvgIpc) is 3.81. The molecule has 2 aromatic rings. The summed E-state index contributed by atoms with van der Waals surface area (Å²) in [5, 5.41) is 36.5. The lowest BCUT2D eigenvalue weighted by Gasteiger charge is -2.63. The highest BCUT2D eigenvalue weighted by atomic mass is 32.2. The standard InChI is InChI=1S/C51H64F2N2O12S2/c1-5-6-8-30(2)68-40(27-45(61)62)46(63)54-18-20-65-22-21-64-19-16-44(60)55-32-9-7-10-35(23-32)69-34-13-11-31(12-14-34)47-66-43-26-36-37-25-39(52)38-24-33(57)15-17-48(38,3)50(37,53)41(58)28-49(36,4)51(43,67-47)42(59)29-56/h7,9-15,17,23-24,30,36-37,39-41,43,47,56,58H,5-6,8,16,18-22,25-29H2,1-4H3,(H,54,63)(H,55,60)(H,61,62)/t30?,36-,37-,39-,40?,41-,43+,47+,48-,49-,50-,51+/m0/s1. The van der Waals surface area contributed by atoms with Crippen LogP contribution in [0.3, 0.4) is 0 Å². The molecule has 7 rings (SSSR count). The number of benzene rings is 2. The first-order valence-corrected chi connectivity index (χ1v) is 25.6. The zero-order chi connectivity index (χ0) is 49.7. The topological polar surface area (TPSA) is 207 Å². The number of unbranched alkanes of at least 4 members (excludes halogenated alkanes) is 1. The molecule has 12 atom stereocenters. The minimum absolute atomic E-state index is 0.00879. The Morgan fingerprint density at radius 1 is 1.00 bits per heavy atom. The molecule has 69 heavy (non-hydrogen) atoms. The molecule has 5 aliphatic rings. The normalized spacial score (nSPS) is 31.9. The third-order valence-electron chi connectivity index (χ3n) is 14.8. The largest absolute Gasteiger partial charge is 0.481 e. The minimum Gasteiger partial charge on any atom is -0.481 e. The van der Waals surface area contributed by atoms with Gasteiger partial charge in [0.05, 0.1) is 56.7 Å². The summed E-state index contributed by atoms with van der Waals surface area (Å²) in [6.45, 7) is 7.61. The maximum Gasteiger partial charge on any atom is 0.305 e. The molecule has 14 nitrogen and oxygen atoms in total. The van der Waals surface area contributed by atoms with Gasteiger partial charge in [-0.25, -0.2) is 8.78 Å². The van der Waals surface area contributed by atoms with Gasteiger partial charge in [0.15, 0.2) is 29.1 Å². The van der Waals surface area contributed by atoms with E-state index in [9.17, 15) is 39.3 Å². The van der Waals surface area contributed by atoms with E-state index < -0.39 is 88.0 Å². The number of rotatable bonds is 23. The molecule has 0 radical (unpaired) electrons. The lowest BCUT2D eigenvalue weighted by atomic mass is 9.44. The van der Waals surface area contributed by atoms with Gasteiger partial charge in [0.2, 0.25) is 11.8 Å². The van der Waals surface area contributed by atoms with E-state index in [1.807, 2.05) is 37.3 Å². The van der Waals surface area contributed by atoms with Crippen LogP contribution in [0.25, 0.3) is 0 Å². The van der Waals surface area contributed by atoms with Gasteiger partial charge < -0.3 is 44.9 Å². The number of anilines is 1. The van der Waals surface area contributed by atoms with Crippen molar-refractivity contribution in [1.82, 2.24) is 5.32 Å². The molecule has 3 saturated carbocycles. The van der Waals surface area contributed by atoms with Crippen molar-refractivity contribution in [3.8, 4) is 0 Å². The number of aliphatic hydroxyl groups is 2. The number of carbonyl (C=O) groups is 5. The predicted molar refractivity (Wildman–Crippen MR) is 255 cm³/mol. The zero-order valence-electron chi connectivity index (χ0n) is 39.5. The van der Waals surface area contributed by atoms with Gasteiger partial charge in [0.25, 0.3) is 0 Å². The summed E-state index contributed by atoms with van der Waals surface area (Å²) < 4.78 is 57.9. The lowest BCUT2D eigenvalue weighted by molar-refractivity contribution is -0.235. The van der Waals surface area contributed by atoms with E-state index in [4.69, 9.17) is 18.9 Å². The van der Waals surface area contributed by atoms with Gasteiger partial charge >= 0.3 is 5.97 Å². The number of allylic oxidation sites excluding steroid dienone is 4. The van der Waals surface area contributed by atoms with Crippen molar-refractivity contribution in [2.24, 2.45) is 22.7 Å². The van der Waals surface area contributed by atoms with E-state index in [-0.39, 0.29) is 87.7 Å². The highest BCUT2D eigenvalue weighted by Crippen LogP contribution is 2.72. The molecular formula is C51H64F2N2O12S2. The molecule has 376 valence electrons. The molecule has 0 bridgehead atoms. The van der Waals surface area contributed by atoms with Crippen molar-refractivity contribution < 1.29 is 67.0 Å². The number of hydrogen-bond acceptors (Lipinski definition) is 13. The Bertz CT molecular complexity index is 2290. The smallest absolute Gasteiger partial charge is 0.305 e. The van der Waals surface area contributed by atoms with Gasteiger partial charge in [0, 0.05) is 49.6 Å². The number of fused-ring (bicyclic) bond motifs is 7. The van der Waals surface area contributed by atoms with Crippen LogP contribution in [-0.2, 0) is 42.9 Å². The van der Waals surface area contributed by atoms with Crippen LogP contribution >= 0.6 is 23.5 Å². The summed E-state index contributed by atoms with van der Waals surface area (Å²) in [6.07, 6.45) is 0.963. The molecule has 0 spiro atoms. The Hall–Kier alpha value is -4.01. The van der Waals surface area contributed by atoms with Crippen LogP contribution in [0.5, 0.6) is 0 Å². The van der Waals surface area contributed by atoms with E-state index in [0.717, 1.165) is 35.1 Å². The number of carboxylic acid groups (broad SMARTS) is 1. The van der Waals surface area contributed by atoms with Crippen LogP contribution in [0, 0.1) is 22.7 Å². The van der Waals surface area contributed by atoms with Crippen LogP contribution in [0.2, 0.25) is 0 Å². The Labute approximate surface area is 410 Å². The maximum atomic E-state index is 17.7. The highest BCUT2D eigenvalue weighted by Gasteiger charge is 2.80. The molecule has 2 amide bonds. The molecular weight excluding hydrogens is 935 g/mol. The number of aliphatic hydroxyl groups excluding tert-OH is 2. The predicted octanol–water partition coefficient (Wildman–Crippen LogP) is 7.11. The fraction of sp³-hybridized carbons (Fsp3) is 0.588. The van der Waals surface area contributed by atoms with Crippen molar-refractivity contribution in [3.63, 3.8) is 0 Å². The molecule has 18 heteroatoms. The molecule has 1 saturated heterocycles. The van der Waals surface area contributed by atoms with Crippen molar-refractivity contribution >= 4 is 58.6 Å². The Balaban J connectivity index is 0.869. The van der Waals surface area contributed by atoms with Gasteiger partial charge in [-0.15, -0.1) is 11.8 Å². The van der Waals surface area contributed by atoms with Gasteiger partial charge in [0.1, 0.15) is 12.8 Å². The second-order valence-electron chi connectivity index (χ2n) is 19.2. The minimum atomic E-state index is -2.34. The van der Waals surface area contributed by atoms with Crippen LogP contribution in [0.1, 0.15) is 90.9 Å². The Kier molecular flexibility index (Phi) is 17.0. The summed E-state index contributed by atoms with van der Waals surface area (Å²) in [7, 11) is 0. The third-order valence-corrected chi connectivity index (χ3v) is 17.2. The van der Waals surface area contributed by atoms with Crippen molar-refractivity contribution in [1.29, 1.82) is 0 Å². The number of ketones is 2. The SMILES string of the molecule is CCCCC(C)SC(CC(=O)O)C(=O)NCCOCCOCCC(=O)Nc1cccc(Sc2ccc([C@@H]3O[C@@H]4C[C@H]5[C@@H]6C[C@H](F)C7=CC(=O)C=C[C@]7(C)[C@@]6(F)[C@@H](O)C[C@]5(C)[C@]4(C(=O)CO)O3)cc2)c1. The lowest BCUT2D eigenvalue weighted by Crippen LogP contribution is -2.70. The van der Waals surface area contributed by atoms with Crippen LogP contribution < -0.4 is 10.6 Å². The molecule has 5 N–H and O–H groups in total. The van der Waals surface area contributed by atoms with Crippen LogP contribution in [0.4, 0.5) is 14.5 Å². The van der Waals surface area contributed by atoms with E-state index in [1.54, 1.807) is 25.1 Å². The first-order chi connectivity index (χ1) is 32.9. The van der Waals surface area contributed by atoms with Gasteiger partial charge in [-0.1, -0.05) is 69.6 Å². The van der Waals surface area contributed by atoms with Crippen LogP contribution in [-0.4, -0.2) is 124 Å². The molecule has 4 fully saturated rings. The third kappa shape index (κ3) is 10.6. The molecule has 0 aromatic heterocycles. The fourth-order valence-corrected chi connectivity index (χ4v) is 13.6. The molecule has 1 aliphatic heterocycles. The van der Waals surface area contributed by atoms with Gasteiger partial charge in [-0.05, 0) is 86.6 Å². The Morgan fingerprint density at radius 3 is 2.45 bits per heavy atom. The zero-order valence-corrected chi connectivity index (χ0v) is 41.1.